The third kappa shape index (κ3) is 5.09. The van der Waals surface area contributed by atoms with Crippen LogP contribution in [0.15, 0.2) is 42.7 Å². The molecule has 1 aliphatic rings. The van der Waals surface area contributed by atoms with Crippen molar-refractivity contribution in [1.29, 1.82) is 0 Å². The molecule has 0 radical (unpaired) electrons. The van der Waals surface area contributed by atoms with E-state index in [1.54, 1.807) is 25.2 Å². The molecular weight excluding hydrogens is 342 g/mol. The molecule has 1 fully saturated rings. The fourth-order valence-corrected chi connectivity index (χ4v) is 3.34. The Labute approximate surface area is 159 Å². The second-order valence-electron chi connectivity index (χ2n) is 7.13. The number of urea groups is 1. The normalized spacial score (nSPS) is 16.4. The van der Waals surface area contributed by atoms with Gasteiger partial charge in [0.1, 0.15) is 0 Å². The molecule has 0 spiro atoms. The van der Waals surface area contributed by atoms with Crippen molar-refractivity contribution in [3.63, 3.8) is 0 Å². The van der Waals surface area contributed by atoms with Crippen molar-refractivity contribution in [2.45, 2.75) is 38.3 Å². The molecule has 27 heavy (non-hydrogen) atoms. The van der Waals surface area contributed by atoms with Gasteiger partial charge in [-0.05, 0) is 43.0 Å². The first kappa shape index (κ1) is 18.9. The Balaban J connectivity index is 1.53. The lowest BCUT2D eigenvalue weighted by atomic mass is 10.1. The van der Waals surface area contributed by atoms with E-state index in [2.05, 4.69) is 10.4 Å². The summed E-state index contributed by atoms with van der Waals surface area (Å²) >= 11 is 0. The summed E-state index contributed by atoms with van der Waals surface area (Å²) in [6, 6.07) is 9.71. The molecule has 0 aliphatic carbocycles. The zero-order chi connectivity index (χ0) is 19.2. The fourth-order valence-electron chi connectivity index (χ4n) is 3.34. The van der Waals surface area contributed by atoms with Crippen molar-refractivity contribution in [2.75, 3.05) is 26.0 Å². The summed E-state index contributed by atoms with van der Waals surface area (Å²) < 4.78 is 1.88. The molecule has 144 valence electrons. The first-order valence-corrected chi connectivity index (χ1v) is 9.37. The van der Waals surface area contributed by atoms with Gasteiger partial charge in [0.05, 0.1) is 12.6 Å². The van der Waals surface area contributed by atoms with Crippen molar-refractivity contribution in [1.82, 2.24) is 19.6 Å². The molecule has 1 unspecified atom stereocenters. The van der Waals surface area contributed by atoms with E-state index in [1.165, 1.54) is 0 Å². The van der Waals surface area contributed by atoms with Crippen molar-refractivity contribution < 1.29 is 9.59 Å². The van der Waals surface area contributed by atoms with Crippen molar-refractivity contribution in [3.8, 4) is 0 Å². The van der Waals surface area contributed by atoms with Crippen LogP contribution in [0.1, 0.15) is 24.8 Å². The van der Waals surface area contributed by atoms with E-state index in [9.17, 15) is 9.59 Å². The Morgan fingerprint density at radius 3 is 2.70 bits per heavy atom. The lowest BCUT2D eigenvalue weighted by Crippen LogP contribution is -2.40. The van der Waals surface area contributed by atoms with Crippen LogP contribution >= 0.6 is 0 Å². The molecule has 1 aliphatic heterocycles. The number of aromatic nitrogens is 2. The number of likely N-dealkylation sites (tertiary alicyclic amines) is 1. The third-order valence-electron chi connectivity index (χ3n) is 4.93. The van der Waals surface area contributed by atoms with E-state index in [0.29, 0.717) is 12.8 Å². The highest BCUT2D eigenvalue weighted by molar-refractivity contribution is 5.89. The van der Waals surface area contributed by atoms with Crippen LogP contribution in [0.5, 0.6) is 0 Å². The molecule has 7 heteroatoms. The largest absolute Gasteiger partial charge is 0.349 e. The van der Waals surface area contributed by atoms with Gasteiger partial charge in [0.2, 0.25) is 5.91 Å². The average molecular weight is 369 g/mol. The zero-order valence-electron chi connectivity index (χ0n) is 16.0. The molecule has 2 heterocycles. The highest BCUT2D eigenvalue weighted by atomic mass is 16.2. The average Bonchev–Trinajstić information content (AvgIpc) is 3.33. The number of aryl methyl sites for hydroxylation is 1. The van der Waals surface area contributed by atoms with Crippen LogP contribution in [0.25, 0.3) is 0 Å². The van der Waals surface area contributed by atoms with Gasteiger partial charge in [-0.2, -0.15) is 5.10 Å². The summed E-state index contributed by atoms with van der Waals surface area (Å²) in [5.41, 5.74) is 1.85. The van der Waals surface area contributed by atoms with Gasteiger partial charge in [-0.25, -0.2) is 4.79 Å². The number of rotatable bonds is 6. The predicted molar refractivity (Wildman–Crippen MR) is 104 cm³/mol. The third-order valence-corrected chi connectivity index (χ3v) is 4.93. The van der Waals surface area contributed by atoms with Gasteiger partial charge in [-0.15, -0.1) is 0 Å². The maximum absolute atomic E-state index is 12.7. The van der Waals surface area contributed by atoms with Crippen LogP contribution in [-0.2, 0) is 17.8 Å². The van der Waals surface area contributed by atoms with Crippen LogP contribution in [-0.4, -0.2) is 58.2 Å². The van der Waals surface area contributed by atoms with Gasteiger partial charge in [0.15, 0.2) is 0 Å². The van der Waals surface area contributed by atoms with Gasteiger partial charge < -0.3 is 15.1 Å². The number of hydrogen-bond acceptors (Lipinski definition) is 3. The summed E-state index contributed by atoms with van der Waals surface area (Å²) in [4.78, 5) is 27.8. The number of carbonyl (C=O) groups is 2. The van der Waals surface area contributed by atoms with E-state index in [1.807, 2.05) is 46.1 Å². The Morgan fingerprint density at radius 1 is 1.26 bits per heavy atom. The van der Waals surface area contributed by atoms with Gasteiger partial charge in [-0.1, -0.05) is 12.1 Å². The minimum absolute atomic E-state index is 0.0693. The van der Waals surface area contributed by atoms with Gasteiger partial charge >= 0.3 is 6.03 Å². The smallest absolute Gasteiger partial charge is 0.322 e. The van der Waals surface area contributed by atoms with Gasteiger partial charge in [0, 0.05) is 45.1 Å². The summed E-state index contributed by atoms with van der Waals surface area (Å²) in [6.07, 6.45) is 6.87. The molecule has 3 rings (SSSR count). The number of benzene rings is 1. The summed E-state index contributed by atoms with van der Waals surface area (Å²) in [6.45, 7) is 1.49. The molecule has 1 aromatic heterocycles. The van der Waals surface area contributed by atoms with E-state index >= 15 is 0 Å². The first-order valence-electron chi connectivity index (χ1n) is 9.37. The Morgan fingerprint density at radius 2 is 2.04 bits per heavy atom. The second kappa shape index (κ2) is 8.70. The molecular formula is C20H27N5O2. The minimum atomic E-state index is -0.0693. The lowest BCUT2D eigenvalue weighted by molar-refractivity contribution is -0.128. The van der Waals surface area contributed by atoms with Crippen molar-refractivity contribution in [2.24, 2.45) is 0 Å². The molecule has 0 bridgehead atoms. The van der Waals surface area contributed by atoms with E-state index in [0.717, 1.165) is 37.2 Å². The molecule has 1 atom stereocenters. The molecule has 1 N–H and O–H groups in total. The van der Waals surface area contributed by atoms with Crippen molar-refractivity contribution >= 4 is 17.6 Å². The number of nitrogens with zero attached hydrogens (tertiary/aromatic N) is 4. The van der Waals surface area contributed by atoms with E-state index in [-0.39, 0.29) is 18.0 Å². The number of anilines is 1. The molecule has 3 amide bonds. The van der Waals surface area contributed by atoms with E-state index in [4.69, 9.17) is 0 Å². The quantitative estimate of drug-likeness (QED) is 0.851. The van der Waals surface area contributed by atoms with Crippen LogP contribution in [0.3, 0.4) is 0 Å². The summed E-state index contributed by atoms with van der Waals surface area (Å²) in [7, 11) is 3.53. The second-order valence-corrected chi connectivity index (χ2v) is 7.13. The standard InChI is InChI=1S/C20H27N5O2/c1-23(2)19(26)11-8-16-6-9-17(10-7-16)22-20(27)25-14-3-5-18(25)15-24-13-4-12-21-24/h4,6-7,9-10,12-13,18H,3,5,8,11,14-15H2,1-2H3,(H,22,27). The van der Waals surface area contributed by atoms with Crippen molar-refractivity contribution in [3.05, 3.63) is 48.3 Å². The summed E-state index contributed by atoms with van der Waals surface area (Å²) in [5.74, 6) is 0.115. The molecule has 2 aromatic rings. The monoisotopic (exact) mass is 369 g/mol. The zero-order valence-corrected chi connectivity index (χ0v) is 16.0. The van der Waals surface area contributed by atoms with E-state index < -0.39 is 0 Å². The Kier molecular flexibility index (Phi) is 6.11. The molecule has 1 saturated heterocycles. The van der Waals surface area contributed by atoms with Gasteiger partial charge in [0.25, 0.3) is 0 Å². The van der Waals surface area contributed by atoms with Crippen LogP contribution in [0, 0.1) is 0 Å². The predicted octanol–water partition coefficient (Wildman–Crippen LogP) is 2.60. The Bertz CT molecular complexity index is 755. The summed E-state index contributed by atoms with van der Waals surface area (Å²) in [5, 5.41) is 7.23. The van der Waals surface area contributed by atoms with Crippen LogP contribution in [0.4, 0.5) is 10.5 Å². The highest BCUT2D eigenvalue weighted by Crippen LogP contribution is 2.20. The Hall–Kier alpha value is -2.83. The van der Waals surface area contributed by atoms with Crippen LogP contribution < -0.4 is 5.32 Å². The maximum Gasteiger partial charge on any atom is 0.322 e. The topological polar surface area (TPSA) is 70.5 Å². The fraction of sp³-hybridized carbons (Fsp3) is 0.450. The SMILES string of the molecule is CN(C)C(=O)CCc1ccc(NC(=O)N2CCCC2Cn2cccn2)cc1. The molecule has 7 nitrogen and oxygen atoms in total. The number of nitrogens with one attached hydrogen (secondary N) is 1. The minimum Gasteiger partial charge on any atom is -0.349 e. The number of hydrogen-bond donors (Lipinski definition) is 1. The van der Waals surface area contributed by atoms with Gasteiger partial charge in [-0.3, -0.25) is 9.48 Å². The number of carbonyl (C=O) groups excluding carboxylic acids is 2. The lowest BCUT2D eigenvalue weighted by Gasteiger charge is -2.25. The molecule has 0 saturated carbocycles. The first-order chi connectivity index (χ1) is 13.0. The van der Waals surface area contributed by atoms with Crippen LogP contribution in [0.2, 0.25) is 0 Å². The number of amides is 3. The maximum atomic E-state index is 12.7. The highest BCUT2D eigenvalue weighted by Gasteiger charge is 2.29. The molecule has 1 aromatic carbocycles.